The van der Waals surface area contributed by atoms with Gasteiger partial charge in [0.05, 0.1) is 26.4 Å². The smallest absolute Gasteiger partial charge is 0.220 e. The van der Waals surface area contributed by atoms with Crippen molar-refractivity contribution in [2.24, 2.45) is 5.92 Å². The first-order valence-corrected chi connectivity index (χ1v) is 8.82. The average Bonchev–Trinajstić information content (AvgIpc) is 2.61. The lowest BCUT2D eigenvalue weighted by Crippen LogP contribution is -2.43. The first kappa shape index (κ1) is 18.7. The number of nitrogens with one attached hydrogen (secondary N) is 1. The molecule has 0 aromatic heterocycles. The monoisotopic (exact) mass is 334 g/mol. The van der Waals surface area contributed by atoms with Gasteiger partial charge in [-0.2, -0.15) is 0 Å². The molecular weight excluding hydrogens is 304 g/mol. The largest absolute Gasteiger partial charge is 0.497 e. The lowest BCUT2D eigenvalue weighted by molar-refractivity contribution is -0.121. The van der Waals surface area contributed by atoms with Gasteiger partial charge in [-0.3, -0.25) is 9.69 Å². The van der Waals surface area contributed by atoms with Crippen LogP contribution >= 0.6 is 0 Å². The number of nitrogens with zero attached hydrogens (tertiary/aromatic N) is 1. The lowest BCUT2D eigenvalue weighted by Gasteiger charge is -2.35. The summed E-state index contributed by atoms with van der Waals surface area (Å²) >= 11 is 0. The molecule has 1 aromatic carbocycles. The number of morpholine rings is 1. The van der Waals surface area contributed by atoms with Gasteiger partial charge in [0.2, 0.25) is 5.91 Å². The van der Waals surface area contributed by atoms with E-state index >= 15 is 0 Å². The van der Waals surface area contributed by atoms with Crippen molar-refractivity contribution in [2.45, 2.75) is 32.7 Å². The van der Waals surface area contributed by atoms with Gasteiger partial charge in [-0.25, -0.2) is 0 Å². The van der Waals surface area contributed by atoms with Gasteiger partial charge >= 0.3 is 0 Å². The molecule has 1 fully saturated rings. The van der Waals surface area contributed by atoms with E-state index in [4.69, 9.17) is 9.47 Å². The number of methoxy groups -OCH3 is 1. The molecule has 0 radical (unpaired) electrons. The van der Waals surface area contributed by atoms with E-state index < -0.39 is 0 Å². The zero-order valence-corrected chi connectivity index (χ0v) is 15.1. The maximum Gasteiger partial charge on any atom is 0.220 e. The highest BCUT2D eigenvalue weighted by Gasteiger charge is 2.23. The van der Waals surface area contributed by atoms with Crippen LogP contribution in [0.1, 0.15) is 38.3 Å². The summed E-state index contributed by atoms with van der Waals surface area (Å²) in [6.07, 6.45) is 1.52. The molecule has 5 heteroatoms. The van der Waals surface area contributed by atoms with Gasteiger partial charge in [-0.15, -0.1) is 0 Å². The van der Waals surface area contributed by atoms with Crippen LogP contribution in [-0.4, -0.2) is 50.8 Å². The van der Waals surface area contributed by atoms with Gasteiger partial charge in [0, 0.05) is 26.1 Å². The Labute approximate surface area is 145 Å². The quantitative estimate of drug-likeness (QED) is 0.794. The molecule has 1 N–H and O–H groups in total. The molecule has 1 aromatic rings. The van der Waals surface area contributed by atoms with E-state index in [9.17, 15) is 4.79 Å². The third-order valence-corrected chi connectivity index (χ3v) is 4.43. The number of carbonyl (C=O) groups is 1. The molecule has 0 saturated carbocycles. The van der Waals surface area contributed by atoms with Gasteiger partial charge < -0.3 is 14.8 Å². The van der Waals surface area contributed by atoms with Gasteiger partial charge in [0.15, 0.2) is 0 Å². The molecule has 1 aliphatic rings. The molecule has 24 heavy (non-hydrogen) atoms. The first-order chi connectivity index (χ1) is 11.6. The summed E-state index contributed by atoms with van der Waals surface area (Å²) in [5, 5.41) is 3.11. The standard InChI is InChI=1S/C19H30N2O3/c1-15(2)4-9-19(22)20-14-18(21-10-12-24-13-11-21)16-5-7-17(23-3)8-6-16/h5-8,15,18H,4,9-14H2,1-3H3,(H,20,22). The molecule has 0 aliphatic carbocycles. The highest BCUT2D eigenvalue weighted by Crippen LogP contribution is 2.23. The normalized spacial score (nSPS) is 16.8. The summed E-state index contributed by atoms with van der Waals surface area (Å²) in [7, 11) is 1.67. The third kappa shape index (κ3) is 5.80. The molecule has 1 heterocycles. The van der Waals surface area contributed by atoms with Crippen LogP contribution in [0.5, 0.6) is 5.75 Å². The molecule has 1 unspecified atom stereocenters. The minimum absolute atomic E-state index is 0.135. The topological polar surface area (TPSA) is 50.8 Å². The minimum atomic E-state index is 0.135. The Hall–Kier alpha value is -1.59. The summed E-state index contributed by atoms with van der Waals surface area (Å²) in [5.74, 6) is 1.53. The Balaban J connectivity index is 2.00. The van der Waals surface area contributed by atoms with E-state index in [0.717, 1.165) is 38.5 Å². The van der Waals surface area contributed by atoms with Crippen molar-refractivity contribution in [3.8, 4) is 5.75 Å². The maximum atomic E-state index is 12.1. The van der Waals surface area contributed by atoms with Crippen LogP contribution in [0.3, 0.4) is 0 Å². The van der Waals surface area contributed by atoms with Gasteiger partial charge in [-0.1, -0.05) is 26.0 Å². The second kappa shape index (κ2) is 9.64. The molecule has 1 saturated heterocycles. The fourth-order valence-corrected chi connectivity index (χ4v) is 2.89. The highest BCUT2D eigenvalue weighted by molar-refractivity contribution is 5.75. The van der Waals surface area contributed by atoms with Crippen molar-refractivity contribution < 1.29 is 14.3 Å². The number of hydrogen-bond donors (Lipinski definition) is 1. The van der Waals surface area contributed by atoms with Crippen molar-refractivity contribution in [3.63, 3.8) is 0 Å². The van der Waals surface area contributed by atoms with E-state index in [-0.39, 0.29) is 11.9 Å². The Morgan fingerprint density at radius 1 is 1.25 bits per heavy atom. The molecule has 1 aliphatic heterocycles. The third-order valence-electron chi connectivity index (χ3n) is 4.43. The van der Waals surface area contributed by atoms with Gasteiger partial charge in [-0.05, 0) is 30.0 Å². The molecular formula is C19H30N2O3. The molecule has 134 valence electrons. The molecule has 1 amide bonds. The molecule has 2 rings (SSSR count). The predicted molar refractivity (Wildman–Crippen MR) is 95.2 cm³/mol. The maximum absolute atomic E-state index is 12.1. The van der Waals surface area contributed by atoms with Crippen LogP contribution < -0.4 is 10.1 Å². The number of carbonyl (C=O) groups excluding carboxylic acids is 1. The molecule has 1 atom stereocenters. The van der Waals surface area contributed by atoms with Crippen LogP contribution in [0.15, 0.2) is 24.3 Å². The summed E-state index contributed by atoms with van der Waals surface area (Å²) in [6, 6.07) is 8.29. The predicted octanol–water partition coefficient (Wildman–Crippen LogP) is 2.62. The van der Waals surface area contributed by atoms with E-state index in [1.165, 1.54) is 5.56 Å². The Kier molecular flexibility index (Phi) is 7.53. The minimum Gasteiger partial charge on any atom is -0.497 e. The van der Waals surface area contributed by atoms with Crippen LogP contribution in [0.2, 0.25) is 0 Å². The van der Waals surface area contributed by atoms with Gasteiger partial charge in [0.25, 0.3) is 0 Å². The Morgan fingerprint density at radius 3 is 2.50 bits per heavy atom. The number of amides is 1. The van der Waals surface area contributed by atoms with Crippen LogP contribution in [0, 0.1) is 5.92 Å². The van der Waals surface area contributed by atoms with E-state index in [2.05, 4.69) is 36.2 Å². The number of hydrogen-bond acceptors (Lipinski definition) is 4. The zero-order chi connectivity index (χ0) is 17.4. The van der Waals surface area contributed by atoms with Crippen molar-refractivity contribution in [2.75, 3.05) is 40.0 Å². The SMILES string of the molecule is COc1ccc(C(CNC(=O)CCC(C)C)N2CCOCC2)cc1. The van der Waals surface area contributed by atoms with Crippen molar-refractivity contribution in [3.05, 3.63) is 29.8 Å². The van der Waals surface area contributed by atoms with Crippen LogP contribution in [0.4, 0.5) is 0 Å². The van der Waals surface area contributed by atoms with Crippen LogP contribution in [-0.2, 0) is 9.53 Å². The zero-order valence-electron chi connectivity index (χ0n) is 15.1. The van der Waals surface area contributed by atoms with Crippen LogP contribution in [0.25, 0.3) is 0 Å². The molecule has 0 bridgehead atoms. The van der Waals surface area contributed by atoms with Crippen molar-refractivity contribution >= 4 is 5.91 Å². The Bertz CT molecular complexity index is 496. The fraction of sp³-hybridized carbons (Fsp3) is 0.632. The van der Waals surface area contributed by atoms with Gasteiger partial charge in [0.1, 0.15) is 5.75 Å². The van der Waals surface area contributed by atoms with E-state index in [1.54, 1.807) is 7.11 Å². The molecule has 0 spiro atoms. The Morgan fingerprint density at radius 2 is 1.92 bits per heavy atom. The second-order valence-electron chi connectivity index (χ2n) is 6.67. The van der Waals surface area contributed by atoms with Crippen molar-refractivity contribution in [1.29, 1.82) is 0 Å². The lowest BCUT2D eigenvalue weighted by atomic mass is 10.0. The summed E-state index contributed by atoms with van der Waals surface area (Å²) in [6.45, 7) is 8.17. The summed E-state index contributed by atoms with van der Waals surface area (Å²) < 4.78 is 10.7. The van der Waals surface area contributed by atoms with E-state index in [0.29, 0.717) is 18.9 Å². The number of benzene rings is 1. The van der Waals surface area contributed by atoms with E-state index in [1.807, 2.05) is 12.1 Å². The number of ether oxygens (including phenoxy) is 2. The highest BCUT2D eigenvalue weighted by atomic mass is 16.5. The molecule has 5 nitrogen and oxygen atoms in total. The summed E-state index contributed by atoms with van der Waals surface area (Å²) in [5.41, 5.74) is 1.20. The second-order valence-corrected chi connectivity index (χ2v) is 6.67. The number of rotatable bonds is 8. The fourth-order valence-electron chi connectivity index (χ4n) is 2.89. The average molecular weight is 334 g/mol. The summed E-state index contributed by atoms with van der Waals surface area (Å²) in [4.78, 5) is 14.5. The first-order valence-electron chi connectivity index (χ1n) is 8.82. The van der Waals surface area contributed by atoms with Crippen molar-refractivity contribution in [1.82, 2.24) is 10.2 Å².